The zero-order valence-electron chi connectivity index (χ0n) is 19.1. The van der Waals surface area contributed by atoms with E-state index in [0.29, 0.717) is 17.2 Å². The number of nitrogens with one attached hydrogen (secondary N) is 4. The predicted octanol–water partition coefficient (Wildman–Crippen LogP) is 3.27. The molecular formula is C24H32ClN5O3S. The second kappa shape index (κ2) is 10.3. The SMILES string of the molecule is O=C(CCSC1NC(=O)C2CCCCC2N1)NC1CCC(n2c(=O)[nH]c3cc(Cl)ccc32)CC1. The van der Waals surface area contributed by atoms with Crippen molar-refractivity contribution >= 4 is 46.2 Å². The largest absolute Gasteiger partial charge is 0.353 e. The fourth-order valence-corrected chi connectivity index (χ4v) is 6.90. The number of benzene rings is 1. The van der Waals surface area contributed by atoms with Crippen molar-refractivity contribution in [3.63, 3.8) is 0 Å². The first kappa shape index (κ1) is 23.8. The number of aromatic nitrogens is 2. The van der Waals surface area contributed by atoms with E-state index >= 15 is 0 Å². The molecule has 2 aliphatic carbocycles. The number of nitrogens with zero attached hydrogens (tertiary/aromatic N) is 1. The van der Waals surface area contributed by atoms with E-state index in [0.717, 1.165) is 56.0 Å². The number of thioether (sulfide) groups is 1. The third-order valence-electron chi connectivity index (χ3n) is 7.46. The Hall–Kier alpha value is -1.97. The highest BCUT2D eigenvalue weighted by Gasteiger charge is 2.37. The molecule has 4 N–H and O–H groups in total. The number of aromatic amines is 1. The standard InChI is InChI=1S/C24H32ClN5O3S/c25-14-5-10-20-19(13-14)28-24(33)30(20)16-8-6-15(7-9-16)26-21(31)11-12-34-23-27-18-4-2-1-3-17(18)22(32)29-23/h5,10,13,15-18,23,27H,1-4,6-9,11-12H2,(H,26,31)(H,28,33)(H,29,32). The normalized spacial score (nSPS) is 29.4. The van der Waals surface area contributed by atoms with Crippen molar-refractivity contribution in [3.8, 4) is 0 Å². The quantitative estimate of drug-likeness (QED) is 0.482. The van der Waals surface area contributed by atoms with Crippen molar-refractivity contribution in [1.29, 1.82) is 0 Å². The van der Waals surface area contributed by atoms with Crippen LogP contribution in [0.5, 0.6) is 0 Å². The number of hydrogen-bond donors (Lipinski definition) is 4. The molecule has 5 rings (SSSR count). The lowest BCUT2D eigenvalue weighted by Gasteiger charge is -2.39. The monoisotopic (exact) mass is 505 g/mol. The molecule has 0 radical (unpaired) electrons. The first-order valence-corrected chi connectivity index (χ1v) is 13.8. The van der Waals surface area contributed by atoms with E-state index in [1.807, 2.05) is 10.6 Å². The highest BCUT2D eigenvalue weighted by Crippen LogP contribution is 2.31. The molecule has 1 aromatic carbocycles. The number of H-pyrrole nitrogens is 1. The summed E-state index contributed by atoms with van der Waals surface area (Å²) in [6, 6.07) is 6.00. The van der Waals surface area contributed by atoms with Crippen LogP contribution in [0.2, 0.25) is 5.02 Å². The highest BCUT2D eigenvalue weighted by molar-refractivity contribution is 7.99. The van der Waals surface area contributed by atoms with Crippen LogP contribution in [0.15, 0.2) is 23.0 Å². The summed E-state index contributed by atoms with van der Waals surface area (Å²) < 4.78 is 1.84. The molecule has 3 unspecified atom stereocenters. The van der Waals surface area contributed by atoms with Crippen molar-refractivity contribution in [1.82, 2.24) is 25.5 Å². The van der Waals surface area contributed by atoms with Crippen LogP contribution >= 0.6 is 23.4 Å². The van der Waals surface area contributed by atoms with Gasteiger partial charge in [0.15, 0.2) is 0 Å². The summed E-state index contributed by atoms with van der Waals surface area (Å²) in [7, 11) is 0. The zero-order valence-corrected chi connectivity index (χ0v) is 20.7. The molecule has 3 atom stereocenters. The molecule has 2 heterocycles. The van der Waals surface area contributed by atoms with Crippen molar-refractivity contribution in [2.24, 2.45) is 5.92 Å². The lowest BCUT2D eigenvalue weighted by Crippen LogP contribution is -2.60. The molecule has 184 valence electrons. The van der Waals surface area contributed by atoms with Gasteiger partial charge in [-0.15, -0.1) is 11.8 Å². The minimum atomic E-state index is -0.112. The van der Waals surface area contributed by atoms with Gasteiger partial charge in [-0.2, -0.15) is 0 Å². The van der Waals surface area contributed by atoms with Gasteiger partial charge in [-0.3, -0.25) is 19.5 Å². The molecule has 3 fully saturated rings. The Kier molecular flexibility index (Phi) is 7.22. The van der Waals surface area contributed by atoms with Crippen LogP contribution in [-0.2, 0) is 9.59 Å². The molecule has 1 saturated heterocycles. The number of halogens is 1. The van der Waals surface area contributed by atoms with Crippen LogP contribution in [0.3, 0.4) is 0 Å². The van der Waals surface area contributed by atoms with E-state index in [9.17, 15) is 14.4 Å². The molecule has 34 heavy (non-hydrogen) atoms. The van der Waals surface area contributed by atoms with Crippen molar-refractivity contribution < 1.29 is 9.59 Å². The van der Waals surface area contributed by atoms with Crippen LogP contribution in [0.1, 0.15) is 63.8 Å². The third kappa shape index (κ3) is 5.16. The number of rotatable bonds is 6. The number of fused-ring (bicyclic) bond motifs is 2. The molecule has 0 spiro atoms. The maximum Gasteiger partial charge on any atom is 0.326 e. The third-order valence-corrected chi connectivity index (χ3v) is 8.72. The Morgan fingerprint density at radius 2 is 1.91 bits per heavy atom. The van der Waals surface area contributed by atoms with E-state index in [2.05, 4.69) is 20.9 Å². The van der Waals surface area contributed by atoms with Crippen LogP contribution in [-0.4, -0.2) is 44.7 Å². The number of amides is 2. The van der Waals surface area contributed by atoms with Gasteiger partial charge in [0.2, 0.25) is 11.8 Å². The van der Waals surface area contributed by atoms with Gasteiger partial charge in [-0.25, -0.2) is 4.79 Å². The molecule has 8 nitrogen and oxygen atoms in total. The predicted molar refractivity (Wildman–Crippen MR) is 135 cm³/mol. The van der Waals surface area contributed by atoms with Gasteiger partial charge in [-0.1, -0.05) is 24.4 Å². The minimum Gasteiger partial charge on any atom is -0.353 e. The van der Waals surface area contributed by atoms with Crippen LogP contribution in [0, 0.1) is 5.92 Å². The highest BCUT2D eigenvalue weighted by atomic mass is 35.5. The topological polar surface area (TPSA) is 108 Å². The summed E-state index contributed by atoms with van der Waals surface area (Å²) in [6.07, 6.45) is 8.13. The second-order valence-corrected chi connectivity index (χ2v) is 11.4. The van der Waals surface area contributed by atoms with Gasteiger partial charge in [0.25, 0.3) is 0 Å². The van der Waals surface area contributed by atoms with E-state index in [1.54, 1.807) is 23.9 Å². The second-order valence-electron chi connectivity index (χ2n) is 9.71. The maximum absolute atomic E-state index is 12.5. The van der Waals surface area contributed by atoms with Crippen molar-refractivity contribution in [2.75, 3.05) is 5.75 Å². The fourth-order valence-electron chi connectivity index (χ4n) is 5.72. The fraction of sp³-hybridized carbons (Fsp3) is 0.625. The Bertz CT molecular complexity index is 1110. The van der Waals surface area contributed by atoms with Gasteiger partial charge in [0, 0.05) is 35.3 Å². The molecule has 0 bridgehead atoms. The lowest BCUT2D eigenvalue weighted by atomic mass is 9.83. The number of hydrogen-bond acceptors (Lipinski definition) is 5. The molecular weight excluding hydrogens is 474 g/mol. The average Bonchev–Trinajstić information content (AvgIpc) is 3.14. The van der Waals surface area contributed by atoms with Gasteiger partial charge >= 0.3 is 5.69 Å². The van der Waals surface area contributed by atoms with Crippen molar-refractivity contribution in [3.05, 3.63) is 33.7 Å². The van der Waals surface area contributed by atoms with Gasteiger partial charge in [-0.05, 0) is 56.7 Å². The van der Waals surface area contributed by atoms with Crippen LogP contribution < -0.4 is 21.6 Å². The molecule has 2 amide bonds. The molecule has 1 aliphatic heterocycles. The summed E-state index contributed by atoms with van der Waals surface area (Å²) in [5.74, 6) is 0.957. The minimum absolute atomic E-state index is 0.0486. The number of imidazole rings is 1. The molecule has 3 aliphatic rings. The summed E-state index contributed by atoms with van der Waals surface area (Å²) >= 11 is 7.65. The van der Waals surface area contributed by atoms with Crippen LogP contribution in [0.4, 0.5) is 0 Å². The Labute approximate surface area is 207 Å². The van der Waals surface area contributed by atoms with Gasteiger partial charge in [0.1, 0.15) is 5.50 Å². The summed E-state index contributed by atoms with van der Waals surface area (Å²) in [4.78, 5) is 40.3. The number of carbonyl (C=O) groups excluding carboxylic acids is 2. The smallest absolute Gasteiger partial charge is 0.326 e. The van der Waals surface area contributed by atoms with E-state index in [4.69, 9.17) is 11.6 Å². The number of carbonyl (C=O) groups is 2. The van der Waals surface area contributed by atoms with E-state index < -0.39 is 0 Å². The zero-order chi connectivity index (χ0) is 23.7. The average molecular weight is 506 g/mol. The Morgan fingerprint density at radius 3 is 2.74 bits per heavy atom. The Balaban J connectivity index is 1.06. The molecule has 2 saturated carbocycles. The van der Waals surface area contributed by atoms with Crippen LogP contribution in [0.25, 0.3) is 11.0 Å². The summed E-state index contributed by atoms with van der Waals surface area (Å²) in [6.45, 7) is 0. The van der Waals surface area contributed by atoms with Gasteiger partial charge < -0.3 is 15.6 Å². The first-order valence-electron chi connectivity index (χ1n) is 12.3. The van der Waals surface area contributed by atoms with E-state index in [1.165, 1.54) is 6.42 Å². The summed E-state index contributed by atoms with van der Waals surface area (Å²) in [5, 5.41) is 10.4. The van der Waals surface area contributed by atoms with E-state index in [-0.39, 0.29) is 47.0 Å². The van der Waals surface area contributed by atoms with Gasteiger partial charge in [0.05, 0.1) is 17.0 Å². The lowest BCUT2D eigenvalue weighted by molar-refractivity contribution is -0.129. The molecule has 2 aromatic rings. The summed E-state index contributed by atoms with van der Waals surface area (Å²) in [5.41, 5.74) is 1.42. The molecule has 1 aromatic heterocycles. The molecule has 10 heteroatoms. The van der Waals surface area contributed by atoms with Crippen molar-refractivity contribution in [2.45, 2.75) is 81.4 Å². The first-order chi connectivity index (χ1) is 16.5. The maximum atomic E-state index is 12.5. The Morgan fingerprint density at radius 1 is 1.12 bits per heavy atom.